The minimum Gasteiger partial charge on any atom is -0.317 e. The molecular formula is C13H28N2. The summed E-state index contributed by atoms with van der Waals surface area (Å²) in [6.07, 6.45) is 4.37. The summed E-state index contributed by atoms with van der Waals surface area (Å²) >= 11 is 0. The van der Waals surface area contributed by atoms with Gasteiger partial charge < -0.3 is 10.2 Å². The third-order valence-electron chi connectivity index (χ3n) is 4.01. The Morgan fingerprint density at radius 3 is 2.47 bits per heavy atom. The van der Waals surface area contributed by atoms with Crippen molar-refractivity contribution in [2.24, 2.45) is 11.8 Å². The van der Waals surface area contributed by atoms with Crippen molar-refractivity contribution in [3.8, 4) is 0 Å². The van der Waals surface area contributed by atoms with Gasteiger partial charge in [-0.25, -0.2) is 0 Å². The van der Waals surface area contributed by atoms with Crippen LogP contribution in [-0.4, -0.2) is 37.6 Å². The summed E-state index contributed by atoms with van der Waals surface area (Å²) < 4.78 is 0. The van der Waals surface area contributed by atoms with Crippen molar-refractivity contribution < 1.29 is 0 Å². The quantitative estimate of drug-likeness (QED) is 0.697. The van der Waals surface area contributed by atoms with Crippen molar-refractivity contribution >= 4 is 0 Å². The lowest BCUT2D eigenvalue weighted by Crippen LogP contribution is -2.42. The van der Waals surface area contributed by atoms with Crippen LogP contribution in [0.25, 0.3) is 0 Å². The summed E-state index contributed by atoms with van der Waals surface area (Å²) in [7, 11) is 2.28. The summed E-state index contributed by atoms with van der Waals surface area (Å²) in [5.74, 6) is 1.74. The van der Waals surface area contributed by atoms with E-state index in [2.05, 4.69) is 38.0 Å². The van der Waals surface area contributed by atoms with Crippen molar-refractivity contribution in [3.05, 3.63) is 0 Å². The van der Waals surface area contributed by atoms with Gasteiger partial charge in [0.1, 0.15) is 0 Å². The van der Waals surface area contributed by atoms with Crippen LogP contribution in [0.2, 0.25) is 0 Å². The van der Waals surface area contributed by atoms with Gasteiger partial charge in [-0.05, 0) is 51.7 Å². The molecule has 1 saturated carbocycles. The first-order valence-corrected chi connectivity index (χ1v) is 6.56. The van der Waals surface area contributed by atoms with Gasteiger partial charge in [0.15, 0.2) is 0 Å². The molecule has 0 heterocycles. The lowest BCUT2D eigenvalue weighted by Gasteiger charge is -2.36. The van der Waals surface area contributed by atoms with Crippen LogP contribution in [0.15, 0.2) is 0 Å². The van der Waals surface area contributed by atoms with Gasteiger partial charge in [-0.3, -0.25) is 0 Å². The molecule has 0 amide bonds. The fourth-order valence-electron chi connectivity index (χ4n) is 2.23. The maximum atomic E-state index is 3.44. The largest absolute Gasteiger partial charge is 0.317 e. The van der Waals surface area contributed by atoms with E-state index in [1.807, 2.05) is 0 Å². The second-order valence-electron chi connectivity index (χ2n) is 5.26. The molecule has 2 heteroatoms. The topological polar surface area (TPSA) is 15.3 Å². The first-order chi connectivity index (χ1) is 7.15. The second-order valence-corrected chi connectivity index (χ2v) is 5.26. The molecule has 90 valence electrons. The van der Waals surface area contributed by atoms with E-state index in [-0.39, 0.29) is 0 Å². The zero-order chi connectivity index (χ0) is 11.3. The maximum Gasteiger partial charge on any atom is 0.0102 e. The summed E-state index contributed by atoms with van der Waals surface area (Å²) in [6, 6.07) is 0.699. The van der Waals surface area contributed by atoms with Crippen LogP contribution in [-0.2, 0) is 0 Å². The summed E-state index contributed by atoms with van der Waals surface area (Å²) in [5, 5.41) is 3.44. The molecule has 1 N–H and O–H groups in total. The Hall–Kier alpha value is -0.0800. The molecule has 0 bridgehead atoms. The highest BCUT2D eigenvalue weighted by molar-refractivity contribution is 4.77. The zero-order valence-corrected chi connectivity index (χ0v) is 10.9. The predicted molar refractivity (Wildman–Crippen MR) is 67.1 cm³/mol. The predicted octanol–water partition coefficient (Wildman–Crippen LogP) is 2.35. The number of nitrogens with one attached hydrogen (secondary N) is 1. The molecule has 1 fully saturated rings. The molecule has 0 aromatic carbocycles. The normalized spacial score (nSPS) is 21.4. The standard InChI is InChI=1S/C13H28N2/c1-5-14-9-11(2)12(3)15(4)10-13-7-6-8-13/h11-14H,5-10H2,1-4H3. The molecule has 1 aliphatic rings. The van der Waals surface area contributed by atoms with Crippen molar-refractivity contribution in [1.29, 1.82) is 0 Å². The minimum atomic E-state index is 0.699. The molecule has 0 aromatic rings. The van der Waals surface area contributed by atoms with Crippen molar-refractivity contribution in [3.63, 3.8) is 0 Å². The number of hydrogen-bond acceptors (Lipinski definition) is 2. The number of hydrogen-bond donors (Lipinski definition) is 1. The van der Waals surface area contributed by atoms with Crippen LogP contribution in [0.3, 0.4) is 0 Å². The maximum absolute atomic E-state index is 3.44. The Bertz CT molecular complexity index is 166. The van der Waals surface area contributed by atoms with Gasteiger partial charge in [-0.1, -0.05) is 20.3 Å². The molecule has 2 unspecified atom stereocenters. The fourth-order valence-corrected chi connectivity index (χ4v) is 2.23. The van der Waals surface area contributed by atoms with Crippen molar-refractivity contribution in [2.45, 2.75) is 46.1 Å². The van der Waals surface area contributed by atoms with Gasteiger partial charge in [0.2, 0.25) is 0 Å². The van der Waals surface area contributed by atoms with E-state index in [9.17, 15) is 0 Å². The minimum absolute atomic E-state index is 0.699. The molecule has 0 aliphatic heterocycles. The third-order valence-corrected chi connectivity index (χ3v) is 4.01. The highest BCUT2D eigenvalue weighted by Crippen LogP contribution is 2.27. The Morgan fingerprint density at radius 1 is 1.33 bits per heavy atom. The Morgan fingerprint density at radius 2 is 2.00 bits per heavy atom. The van der Waals surface area contributed by atoms with Gasteiger partial charge in [-0.15, -0.1) is 0 Å². The molecule has 1 aliphatic carbocycles. The van der Waals surface area contributed by atoms with Crippen molar-refractivity contribution in [1.82, 2.24) is 10.2 Å². The van der Waals surface area contributed by atoms with Gasteiger partial charge >= 0.3 is 0 Å². The number of nitrogens with zero attached hydrogens (tertiary/aromatic N) is 1. The molecule has 0 saturated heterocycles. The van der Waals surface area contributed by atoms with Crippen LogP contribution in [0.1, 0.15) is 40.0 Å². The summed E-state index contributed by atoms with van der Waals surface area (Å²) in [5.41, 5.74) is 0. The molecule has 1 rings (SSSR count). The van der Waals surface area contributed by atoms with E-state index < -0.39 is 0 Å². The lowest BCUT2D eigenvalue weighted by atomic mass is 9.84. The monoisotopic (exact) mass is 212 g/mol. The Kier molecular flexibility index (Phi) is 5.62. The third kappa shape index (κ3) is 4.12. The molecule has 0 aromatic heterocycles. The van der Waals surface area contributed by atoms with Gasteiger partial charge in [-0.2, -0.15) is 0 Å². The first kappa shape index (κ1) is 13.0. The van der Waals surface area contributed by atoms with E-state index in [1.165, 1.54) is 25.8 Å². The zero-order valence-electron chi connectivity index (χ0n) is 10.9. The molecule has 0 radical (unpaired) electrons. The summed E-state index contributed by atoms with van der Waals surface area (Å²) in [4.78, 5) is 2.55. The van der Waals surface area contributed by atoms with Crippen LogP contribution in [0, 0.1) is 11.8 Å². The second kappa shape index (κ2) is 6.49. The van der Waals surface area contributed by atoms with E-state index >= 15 is 0 Å². The van der Waals surface area contributed by atoms with E-state index in [0.717, 1.165) is 24.9 Å². The molecule has 2 nitrogen and oxygen atoms in total. The molecule has 2 atom stereocenters. The van der Waals surface area contributed by atoms with Gasteiger partial charge in [0, 0.05) is 12.6 Å². The van der Waals surface area contributed by atoms with E-state index in [0.29, 0.717) is 6.04 Å². The van der Waals surface area contributed by atoms with Crippen molar-refractivity contribution in [2.75, 3.05) is 26.7 Å². The van der Waals surface area contributed by atoms with Crippen LogP contribution in [0.5, 0.6) is 0 Å². The lowest BCUT2D eigenvalue weighted by molar-refractivity contribution is 0.138. The fraction of sp³-hybridized carbons (Fsp3) is 1.00. The number of rotatable bonds is 7. The summed E-state index contributed by atoms with van der Waals surface area (Å²) in [6.45, 7) is 10.4. The highest BCUT2D eigenvalue weighted by atomic mass is 15.1. The Labute approximate surface area is 95.4 Å². The van der Waals surface area contributed by atoms with E-state index in [1.54, 1.807) is 0 Å². The van der Waals surface area contributed by atoms with Crippen LogP contribution in [0.4, 0.5) is 0 Å². The Balaban J connectivity index is 2.20. The molecule has 0 spiro atoms. The smallest absolute Gasteiger partial charge is 0.0102 e. The first-order valence-electron chi connectivity index (χ1n) is 6.56. The average Bonchev–Trinajstić information content (AvgIpc) is 2.18. The molecule has 15 heavy (non-hydrogen) atoms. The van der Waals surface area contributed by atoms with Crippen LogP contribution < -0.4 is 5.32 Å². The highest BCUT2D eigenvalue weighted by Gasteiger charge is 2.23. The average molecular weight is 212 g/mol. The SMILES string of the molecule is CCNCC(C)C(C)N(C)CC1CCC1. The van der Waals surface area contributed by atoms with Crippen LogP contribution >= 0.6 is 0 Å². The molecular weight excluding hydrogens is 184 g/mol. The van der Waals surface area contributed by atoms with Gasteiger partial charge in [0.05, 0.1) is 0 Å². The van der Waals surface area contributed by atoms with E-state index in [4.69, 9.17) is 0 Å². The van der Waals surface area contributed by atoms with Gasteiger partial charge in [0.25, 0.3) is 0 Å².